The van der Waals surface area contributed by atoms with Gasteiger partial charge in [-0.15, -0.1) is 0 Å². The highest BCUT2D eigenvalue weighted by Crippen LogP contribution is 2.21. The summed E-state index contributed by atoms with van der Waals surface area (Å²) in [4.78, 5) is 11.5. The second-order valence-corrected chi connectivity index (χ2v) is 4.53. The van der Waals surface area contributed by atoms with E-state index < -0.39 is 0 Å². The topological polar surface area (TPSA) is 46.5 Å². The van der Waals surface area contributed by atoms with Crippen LogP contribution in [0, 0.1) is 4.64 Å². The maximum Gasteiger partial charge on any atom is 0.157 e. The Kier molecular flexibility index (Phi) is 2.68. The van der Waals surface area contributed by atoms with Crippen LogP contribution in [0.2, 0.25) is 0 Å². The summed E-state index contributed by atoms with van der Waals surface area (Å²) in [5, 5.41) is 0. The molecule has 2 aromatic heterocycles. The zero-order valence-electron chi connectivity index (χ0n) is 9.87. The molecule has 0 aliphatic carbocycles. The molecule has 0 amide bonds. The first-order valence-electron chi connectivity index (χ1n) is 5.72. The van der Waals surface area contributed by atoms with Crippen LogP contribution >= 0.6 is 12.2 Å². The molecule has 1 atom stereocenters. The lowest BCUT2D eigenvalue weighted by molar-refractivity contribution is 0.652. The summed E-state index contributed by atoms with van der Waals surface area (Å²) in [5.41, 5.74) is 2.88. The van der Waals surface area contributed by atoms with E-state index in [1.165, 1.54) is 5.56 Å². The van der Waals surface area contributed by atoms with Gasteiger partial charge in [0.15, 0.2) is 4.64 Å². The summed E-state index contributed by atoms with van der Waals surface area (Å²) in [6.07, 6.45) is 3.41. The molecule has 0 unspecified atom stereocenters. The number of imidazole rings is 1. The summed E-state index contributed by atoms with van der Waals surface area (Å²) >= 11 is 5.16. The number of nitrogens with one attached hydrogen (secondary N) is 1. The van der Waals surface area contributed by atoms with E-state index in [1.54, 1.807) is 12.7 Å². The average molecular weight is 256 g/mol. The van der Waals surface area contributed by atoms with Crippen LogP contribution in [-0.2, 0) is 0 Å². The van der Waals surface area contributed by atoms with Crippen LogP contribution in [0.25, 0.3) is 11.2 Å². The molecule has 90 valence electrons. The second kappa shape index (κ2) is 4.34. The number of aromatic amines is 1. The molecule has 1 aromatic carbocycles. The van der Waals surface area contributed by atoms with Crippen LogP contribution < -0.4 is 0 Å². The molecule has 0 bridgehead atoms. The SMILES string of the molecule is C[C@H](c1ccccc1)n1cnc2c(=S)nc[nH]c21. The van der Waals surface area contributed by atoms with Crippen LogP contribution in [0.1, 0.15) is 18.5 Å². The minimum Gasteiger partial charge on any atom is -0.330 e. The summed E-state index contributed by atoms with van der Waals surface area (Å²) in [6, 6.07) is 10.5. The summed E-state index contributed by atoms with van der Waals surface area (Å²) in [5.74, 6) is 0. The molecule has 3 rings (SSSR count). The highest BCUT2D eigenvalue weighted by molar-refractivity contribution is 7.71. The number of hydrogen-bond donors (Lipinski definition) is 1. The quantitative estimate of drug-likeness (QED) is 0.717. The van der Waals surface area contributed by atoms with Gasteiger partial charge >= 0.3 is 0 Å². The van der Waals surface area contributed by atoms with Crippen LogP contribution in [-0.4, -0.2) is 19.5 Å². The van der Waals surface area contributed by atoms with E-state index in [2.05, 4.69) is 38.6 Å². The lowest BCUT2D eigenvalue weighted by atomic mass is 10.1. The van der Waals surface area contributed by atoms with Gasteiger partial charge in [0, 0.05) is 0 Å². The van der Waals surface area contributed by atoms with E-state index >= 15 is 0 Å². The number of benzene rings is 1. The molecular formula is C13H12N4S. The van der Waals surface area contributed by atoms with Gasteiger partial charge in [-0.2, -0.15) is 0 Å². The molecule has 0 aliphatic heterocycles. The fraction of sp³-hybridized carbons (Fsp3) is 0.154. The van der Waals surface area contributed by atoms with Crippen LogP contribution in [0.15, 0.2) is 43.0 Å². The predicted octanol–water partition coefficient (Wildman–Crippen LogP) is 3.10. The third kappa shape index (κ3) is 1.73. The smallest absolute Gasteiger partial charge is 0.157 e. The molecule has 0 fully saturated rings. The van der Waals surface area contributed by atoms with Crippen molar-refractivity contribution < 1.29 is 0 Å². The molecular weight excluding hydrogens is 244 g/mol. The maximum absolute atomic E-state index is 5.16. The van der Waals surface area contributed by atoms with Crippen LogP contribution in [0.5, 0.6) is 0 Å². The van der Waals surface area contributed by atoms with E-state index in [9.17, 15) is 0 Å². The predicted molar refractivity (Wildman–Crippen MR) is 73.0 cm³/mol. The lowest BCUT2D eigenvalue weighted by Crippen LogP contribution is -2.06. The average Bonchev–Trinajstić information content (AvgIpc) is 2.84. The number of hydrogen-bond acceptors (Lipinski definition) is 3. The Morgan fingerprint density at radius 2 is 2.00 bits per heavy atom. The Bertz CT molecular complexity index is 729. The zero-order valence-corrected chi connectivity index (χ0v) is 10.7. The summed E-state index contributed by atoms with van der Waals surface area (Å²) < 4.78 is 2.60. The normalized spacial score (nSPS) is 12.7. The zero-order chi connectivity index (χ0) is 12.5. The standard InChI is InChI=1S/C13H12N4S/c1-9(10-5-3-2-4-6-10)17-8-16-11-12(17)14-7-15-13(11)18/h2-9H,1H3,(H,14,15,18)/t9-/m1/s1. The third-order valence-electron chi connectivity index (χ3n) is 3.08. The van der Waals surface area contributed by atoms with Crippen LogP contribution in [0.3, 0.4) is 0 Å². The van der Waals surface area contributed by atoms with Gasteiger partial charge in [0.1, 0.15) is 11.2 Å². The van der Waals surface area contributed by atoms with Gasteiger partial charge < -0.3 is 9.55 Å². The van der Waals surface area contributed by atoms with Gasteiger partial charge in [0.2, 0.25) is 0 Å². The van der Waals surface area contributed by atoms with Crippen molar-refractivity contribution in [2.45, 2.75) is 13.0 Å². The van der Waals surface area contributed by atoms with E-state index in [1.807, 2.05) is 18.2 Å². The van der Waals surface area contributed by atoms with Gasteiger partial charge in [-0.25, -0.2) is 9.97 Å². The van der Waals surface area contributed by atoms with Crippen molar-refractivity contribution in [3.8, 4) is 0 Å². The first kappa shape index (κ1) is 11.1. The molecule has 5 heteroatoms. The number of nitrogens with zero attached hydrogens (tertiary/aromatic N) is 3. The van der Waals surface area contributed by atoms with E-state index in [-0.39, 0.29) is 6.04 Å². The Balaban J connectivity index is 2.16. The van der Waals surface area contributed by atoms with E-state index in [0.29, 0.717) is 4.64 Å². The monoisotopic (exact) mass is 256 g/mol. The molecule has 18 heavy (non-hydrogen) atoms. The largest absolute Gasteiger partial charge is 0.330 e. The number of fused-ring (bicyclic) bond motifs is 1. The molecule has 3 aromatic rings. The summed E-state index contributed by atoms with van der Waals surface area (Å²) in [7, 11) is 0. The van der Waals surface area contributed by atoms with Crippen molar-refractivity contribution in [1.29, 1.82) is 0 Å². The van der Waals surface area contributed by atoms with Crippen molar-refractivity contribution in [3.05, 3.63) is 53.2 Å². The Hall–Kier alpha value is -2.01. The van der Waals surface area contributed by atoms with Gasteiger partial charge in [-0.3, -0.25) is 0 Å². The molecule has 2 heterocycles. The maximum atomic E-state index is 5.16. The number of rotatable bonds is 2. The molecule has 0 saturated heterocycles. The second-order valence-electron chi connectivity index (χ2n) is 4.14. The van der Waals surface area contributed by atoms with Gasteiger partial charge in [-0.05, 0) is 12.5 Å². The minimum absolute atomic E-state index is 0.198. The lowest BCUT2D eigenvalue weighted by Gasteiger charge is -2.14. The minimum atomic E-state index is 0.198. The molecule has 0 aliphatic rings. The van der Waals surface area contributed by atoms with Crippen molar-refractivity contribution in [1.82, 2.24) is 19.5 Å². The van der Waals surface area contributed by atoms with Crippen molar-refractivity contribution in [3.63, 3.8) is 0 Å². The van der Waals surface area contributed by atoms with Crippen molar-refractivity contribution >= 4 is 23.4 Å². The number of aromatic nitrogens is 4. The molecule has 4 nitrogen and oxygen atoms in total. The molecule has 0 spiro atoms. The van der Waals surface area contributed by atoms with Gasteiger partial charge in [0.05, 0.1) is 18.7 Å². The molecule has 0 radical (unpaired) electrons. The molecule has 1 N–H and O–H groups in total. The molecule has 0 saturated carbocycles. The summed E-state index contributed by atoms with van der Waals surface area (Å²) in [6.45, 7) is 2.13. The highest BCUT2D eigenvalue weighted by atomic mass is 32.1. The Labute approximate surface area is 109 Å². The highest BCUT2D eigenvalue weighted by Gasteiger charge is 2.12. The van der Waals surface area contributed by atoms with Gasteiger partial charge in [-0.1, -0.05) is 42.5 Å². The third-order valence-corrected chi connectivity index (χ3v) is 3.38. The van der Waals surface area contributed by atoms with E-state index in [4.69, 9.17) is 12.2 Å². The first-order chi connectivity index (χ1) is 8.77. The van der Waals surface area contributed by atoms with Gasteiger partial charge in [0.25, 0.3) is 0 Å². The van der Waals surface area contributed by atoms with Crippen molar-refractivity contribution in [2.24, 2.45) is 0 Å². The fourth-order valence-electron chi connectivity index (χ4n) is 2.06. The Morgan fingerprint density at radius 3 is 2.78 bits per heavy atom. The first-order valence-corrected chi connectivity index (χ1v) is 6.13. The van der Waals surface area contributed by atoms with E-state index in [0.717, 1.165) is 11.2 Å². The number of H-pyrrole nitrogens is 1. The fourth-order valence-corrected chi connectivity index (χ4v) is 2.26. The van der Waals surface area contributed by atoms with Crippen LogP contribution in [0.4, 0.5) is 0 Å². The van der Waals surface area contributed by atoms with Crippen molar-refractivity contribution in [2.75, 3.05) is 0 Å². The Morgan fingerprint density at radius 1 is 1.22 bits per heavy atom.